The molecule has 0 amide bonds. The summed E-state index contributed by atoms with van der Waals surface area (Å²) in [5.74, 6) is 1.78. The van der Waals surface area contributed by atoms with Crippen LogP contribution in [0, 0.1) is 0 Å². The Labute approximate surface area is 248 Å². The van der Waals surface area contributed by atoms with Crippen molar-refractivity contribution in [3.05, 3.63) is 109 Å². The van der Waals surface area contributed by atoms with Crippen molar-refractivity contribution in [1.29, 1.82) is 0 Å². The topological polar surface area (TPSA) is 51.8 Å². The molecule has 0 heterocycles. The molecule has 216 valence electrons. The first kappa shape index (κ1) is 30.4. The normalized spacial score (nSPS) is 11.6. The van der Waals surface area contributed by atoms with Gasteiger partial charge in [0.1, 0.15) is 11.5 Å². The van der Waals surface area contributed by atoms with Crippen LogP contribution in [0.25, 0.3) is 0 Å². The minimum absolute atomic E-state index is 0.697. The summed E-state index contributed by atoms with van der Waals surface area (Å²) in [6, 6.07) is 38.9. The van der Waals surface area contributed by atoms with E-state index in [-0.39, 0.29) is 0 Å². The van der Waals surface area contributed by atoms with E-state index in [1.807, 2.05) is 60.7 Å². The summed E-state index contributed by atoms with van der Waals surface area (Å²) in [6.45, 7) is 10.8. The molecule has 5 nitrogen and oxygen atoms in total. The Morgan fingerprint density at radius 2 is 0.878 bits per heavy atom. The molecule has 0 bridgehead atoms. The zero-order valence-corrected chi connectivity index (χ0v) is 26.9. The fourth-order valence-electron chi connectivity index (χ4n) is 4.93. The van der Waals surface area contributed by atoms with Gasteiger partial charge < -0.3 is 24.2 Å². The second-order valence-electron chi connectivity index (χ2n) is 11.6. The van der Waals surface area contributed by atoms with Gasteiger partial charge in [-0.3, -0.25) is 0 Å². The quantitative estimate of drug-likeness (QED) is 0.101. The average Bonchev–Trinajstić information content (AvgIpc) is 2.95. The van der Waals surface area contributed by atoms with Crippen LogP contribution in [-0.2, 0) is 4.12 Å². The van der Waals surface area contributed by atoms with Crippen molar-refractivity contribution < 1.29 is 13.6 Å². The predicted molar refractivity (Wildman–Crippen MR) is 178 cm³/mol. The Hall–Kier alpha value is -3.53. The maximum Gasteiger partial charge on any atom is 0.173 e. The monoisotopic (exact) mass is 584 g/mol. The largest absolute Gasteiger partial charge is 0.494 e. The first-order valence-corrected chi connectivity index (χ1v) is 20.8. The molecule has 0 spiro atoms. The lowest BCUT2D eigenvalue weighted by Crippen LogP contribution is -2.44. The van der Waals surface area contributed by atoms with Gasteiger partial charge in [-0.15, -0.1) is 0 Å². The van der Waals surface area contributed by atoms with E-state index in [2.05, 4.69) is 85.4 Å². The van der Waals surface area contributed by atoms with E-state index in [4.69, 9.17) is 13.6 Å². The molecular formula is C34H44N2O3Si2. The molecule has 0 aromatic heterocycles. The van der Waals surface area contributed by atoms with Gasteiger partial charge in [0, 0.05) is 34.9 Å². The van der Waals surface area contributed by atoms with E-state index in [1.54, 1.807) is 0 Å². The highest BCUT2D eigenvalue weighted by Crippen LogP contribution is 2.26. The van der Waals surface area contributed by atoms with Crippen molar-refractivity contribution in [3.8, 4) is 11.5 Å². The fourth-order valence-corrected chi connectivity index (χ4v) is 13.7. The SMILES string of the molecule is C[Si](C)(CCCOc1cccc(Nc2ccccc2)c1)O[Si](C)(C)CCCOc1cccc(Nc2ccccc2)c1. The Bertz CT molecular complexity index is 1230. The number of para-hydroxylation sites is 2. The van der Waals surface area contributed by atoms with Crippen molar-refractivity contribution in [3.63, 3.8) is 0 Å². The zero-order chi connectivity index (χ0) is 29.0. The molecular weight excluding hydrogens is 541 g/mol. The molecule has 0 saturated carbocycles. The van der Waals surface area contributed by atoms with E-state index in [9.17, 15) is 0 Å². The molecule has 2 N–H and O–H groups in total. The van der Waals surface area contributed by atoms with E-state index >= 15 is 0 Å². The van der Waals surface area contributed by atoms with E-state index < -0.39 is 16.6 Å². The van der Waals surface area contributed by atoms with Gasteiger partial charge in [0.15, 0.2) is 16.6 Å². The smallest absolute Gasteiger partial charge is 0.173 e. The first-order chi connectivity index (χ1) is 19.8. The standard InChI is InChI=1S/C34H44N2O3Si2/c1-40(2,25-13-23-37-33-21-11-19-31(27-33)35-29-15-7-5-8-16-29)39-41(3,4)26-14-24-38-34-22-12-20-32(28-34)36-30-17-9-6-10-18-30/h5-12,15-22,27-28,35-36H,13-14,23-26H2,1-4H3. The number of rotatable bonds is 16. The van der Waals surface area contributed by atoms with Crippen molar-refractivity contribution in [2.45, 2.75) is 51.1 Å². The molecule has 4 aromatic rings. The van der Waals surface area contributed by atoms with Gasteiger partial charge in [0.25, 0.3) is 0 Å². The number of nitrogens with one attached hydrogen (secondary N) is 2. The lowest BCUT2D eigenvalue weighted by atomic mass is 10.2. The molecule has 0 unspecified atom stereocenters. The van der Waals surface area contributed by atoms with Gasteiger partial charge in [-0.1, -0.05) is 48.5 Å². The molecule has 4 rings (SSSR count). The predicted octanol–water partition coefficient (Wildman–Crippen LogP) is 9.84. The lowest BCUT2D eigenvalue weighted by Gasteiger charge is -2.34. The summed E-state index contributed by atoms with van der Waals surface area (Å²) in [4.78, 5) is 0. The molecule has 41 heavy (non-hydrogen) atoms. The molecule has 0 fully saturated rings. The van der Waals surface area contributed by atoms with Gasteiger partial charge in [-0.05, 0) is 99.6 Å². The number of ether oxygens (including phenoxy) is 2. The molecule has 0 aliphatic heterocycles. The van der Waals surface area contributed by atoms with Gasteiger partial charge >= 0.3 is 0 Å². The third-order valence-electron chi connectivity index (χ3n) is 6.73. The van der Waals surface area contributed by atoms with Gasteiger partial charge in [-0.2, -0.15) is 0 Å². The number of anilines is 4. The summed E-state index contributed by atoms with van der Waals surface area (Å²) in [6.07, 6.45) is 1.99. The molecule has 4 aromatic carbocycles. The molecule has 0 aliphatic rings. The van der Waals surface area contributed by atoms with Crippen LogP contribution >= 0.6 is 0 Å². The minimum atomic E-state index is -1.79. The second kappa shape index (κ2) is 14.9. The summed E-state index contributed by atoms with van der Waals surface area (Å²) in [7, 11) is -3.57. The fraction of sp³-hybridized carbons (Fsp3) is 0.294. The summed E-state index contributed by atoms with van der Waals surface area (Å²) in [5, 5.41) is 6.85. The van der Waals surface area contributed by atoms with E-state index in [0.29, 0.717) is 13.2 Å². The number of hydrogen-bond donors (Lipinski definition) is 2. The van der Waals surface area contributed by atoms with Gasteiger partial charge in [-0.25, -0.2) is 0 Å². The van der Waals surface area contributed by atoms with Crippen LogP contribution in [0.4, 0.5) is 22.7 Å². The van der Waals surface area contributed by atoms with Crippen molar-refractivity contribution >= 4 is 39.4 Å². The molecule has 0 atom stereocenters. The van der Waals surface area contributed by atoms with Crippen LogP contribution < -0.4 is 20.1 Å². The second-order valence-corrected chi connectivity index (χ2v) is 20.4. The Balaban J connectivity index is 1.14. The van der Waals surface area contributed by atoms with Gasteiger partial charge in [0.05, 0.1) is 13.2 Å². The summed E-state index contributed by atoms with van der Waals surface area (Å²) < 4.78 is 19.0. The highest BCUT2D eigenvalue weighted by Gasteiger charge is 2.32. The van der Waals surface area contributed by atoms with Crippen LogP contribution in [0.1, 0.15) is 12.8 Å². The third-order valence-corrected chi connectivity index (χ3v) is 14.3. The van der Waals surface area contributed by atoms with E-state index in [0.717, 1.165) is 59.2 Å². The molecule has 0 aliphatic carbocycles. The third kappa shape index (κ3) is 11.1. The van der Waals surface area contributed by atoms with Crippen LogP contribution in [0.15, 0.2) is 109 Å². The Morgan fingerprint density at radius 1 is 0.488 bits per heavy atom. The zero-order valence-electron chi connectivity index (χ0n) is 24.9. The molecule has 0 saturated heterocycles. The summed E-state index contributed by atoms with van der Waals surface area (Å²) in [5.41, 5.74) is 4.19. The maximum atomic E-state index is 6.85. The van der Waals surface area contributed by atoms with E-state index in [1.165, 1.54) is 0 Å². The molecule has 0 radical (unpaired) electrons. The van der Waals surface area contributed by atoms with Crippen LogP contribution in [0.3, 0.4) is 0 Å². The summed E-state index contributed by atoms with van der Waals surface area (Å²) >= 11 is 0. The maximum absolute atomic E-state index is 6.85. The first-order valence-electron chi connectivity index (χ1n) is 14.6. The molecule has 7 heteroatoms. The van der Waals surface area contributed by atoms with Crippen LogP contribution in [-0.4, -0.2) is 29.8 Å². The Kier molecular flexibility index (Phi) is 11.1. The van der Waals surface area contributed by atoms with Crippen molar-refractivity contribution in [2.75, 3.05) is 23.8 Å². The highest BCUT2D eigenvalue weighted by molar-refractivity contribution is 6.84. The van der Waals surface area contributed by atoms with Gasteiger partial charge in [0.2, 0.25) is 0 Å². The lowest BCUT2D eigenvalue weighted by molar-refractivity contribution is 0.313. The van der Waals surface area contributed by atoms with Crippen LogP contribution in [0.2, 0.25) is 38.3 Å². The minimum Gasteiger partial charge on any atom is -0.494 e. The van der Waals surface area contributed by atoms with Crippen molar-refractivity contribution in [1.82, 2.24) is 0 Å². The highest BCUT2D eigenvalue weighted by atomic mass is 28.4. The van der Waals surface area contributed by atoms with Crippen molar-refractivity contribution in [2.24, 2.45) is 0 Å². The average molecular weight is 585 g/mol. The number of benzene rings is 4. The number of hydrogen-bond acceptors (Lipinski definition) is 5. The Morgan fingerprint density at radius 3 is 1.29 bits per heavy atom. The van der Waals surface area contributed by atoms with Crippen LogP contribution in [0.5, 0.6) is 11.5 Å².